The first-order valence-corrected chi connectivity index (χ1v) is 6.76. The summed E-state index contributed by atoms with van der Waals surface area (Å²) in [6, 6.07) is 5.59. The van der Waals surface area contributed by atoms with Gasteiger partial charge in [-0.25, -0.2) is 0 Å². The number of nitrogens with zero attached hydrogens (tertiary/aromatic N) is 1. The lowest BCUT2D eigenvalue weighted by Crippen LogP contribution is -2.45. The molecule has 2 rings (SSSR count). The standard InChI is InChI=1S/C15H19F3N2.ClH/c1-2-5-14(20-10-8-19-9-11-20)12-6-3-4-7-13(12)15(16,17)18;/h2-4,6-7,14,19H,1,5,8-11H2;1H/t14-;/m0./s1. The van der Waals surface area contributed by atoms with Gasteiger partial charge in [0.1, 0.15) is 0 Å². The lowest BCUT2D eigenvalue weighted by molar-refractivity contribution is -0.138. The first-order valence-electron chi connectivity index (χ1n) is 6.76. The second-order valence-electron chi connectivity index (χ2n) is 4.91. The van der Waals surface area contributed by atoms with Crippen LogP contribution in [-0.2, 0) is 6.18 Å². The summed E-state index contributed by atoms with van der Waals surface area (Å²) in [7, 11) is 0. The molecular weight excluding hydrogens is 301 g/mol. The maximum atomic E-state index is 13.2. The van der Waals surface area contributed by atoms with E-state index in [1.54, 1.807) is 18.2 Å². The molecule has 0 spiro atoms. The van der Waals surface area contributed by atoms with Crippen LogP contribution in [0.25, 0.3) is 0 Å². The second kappa shape index (κ2) is 7.82. The fraction of sp³-hybridized carbons (Fsp3) is 0.467. The summed E-state index contributed by atoms with van der Waals surface area (Å²) in [5, 5.41) is 3.22. The van der Waals surface area contributed by atoms with E-state index in [-0.39, 0.29) is 18.4 Å². The van der Waals surface area contributed by atoms with E-state index < -0.39 is 11.7 Å². The molecule has 1 heterocycles. The molecule has 1 atom stereocenters. The summed E-state index contributed by atoms with van der Waals surface area (Å²) in [5.41, 5.74) is -0.188. The molecule has 1 saturated heterocycles. The Bertz CT molecular complexity index is 456. The second-order valence-corrected chi connectivity index (χ2v) is 4.91. The monoisotopic (exact) mass is 320 g/mol. The highest BCUT2D eigenvalue weighted by Gasteiger charge is 2.36. The van der Waals surface area contributed by atoms with Crippen molar-refractivity contribution in [3.63, 3.8) is 0 Å². The van der Waals surface area contributed by atoms with Crippen molar-refractivity contribution in [2.45, 2.75) is 18.6 Å². The van der Waals surface area contributed by atoms with Crippen LogP contribution in [0.2, 0.25) is 0 Å². The third-order valence-electron chi connectivity index (χ3n) is 3.61. The number of halogens is 4. The van der Waals surface area contributed by atoms with Crippen LogP contribution in [0, 0.1) is 0 Å². The molecule has 0 aromatic heterocycles. The number of piperazine rings is 1. The molecule has 0 saturated carbocycles. The molecule has 21 heavy (non-hydrogen) atoms. The lowest BCUT2D eigenvalue weighted by Gasteiger charge is -2.35. The Balaban J connectivity index is 0.00000220. The topological polar surface area (TPSA) is 15.3 Å². The predicted molar refractivity (Wildman–Crippen MR) is 80.7 cm³/mol. The van der Waals surface area contributed by atoms with E-state index in [0.717, 1.165) is 32.2 Å². The van der Waals surface area contributed by atoms with Crippen LogP contribution in [0.4, 0.5) is 13.2 Å². The highest BCUT2D eigenvalue weighted by Crippen LogP contribution is 2.37. The van der Waals surface area contributed by atoms with Crippen LogP contribution in [0.5, 0.6) is 0 Å². The molecular formula is C15H20ClF3N2. The van der Waals surface area contributed by atoms with Gasteiger partial charge in [0.2, 0.25) is 0 Å². The Labute approximate surface area is 129 Å². The Morgan fingerprint density at radius 1 is 1.24 bits per heavy atom. The summed E-state index contributed by atoms with van der Waals surface area (Å²) >= 11 is 0. The summed E-state index contributed by atoms with van der Waals surface area (Å²) < 4.78 is 39.5. The van der Waals surface area contributed by atoms with Gasteiger partial charge in [0.05, 0.1) is 5.56 Å². The van der Waals surface area contributed by atoms with Gasteiger partial charge in [-0.2, -0.15) is 13.2 Å². The van der Waals surface area contributed by atoms with Crippen LogP contribution in [0.15, 0.2) is 36.9 Å². The summed E-state index contributed by atoms with van der Waals surface area (Å²) in [6.45, 7) is 6.81. The maximum Gasteiger partial charge on any atom is 0.416 e. The minimum absolute atomic E-state index is 0. The zero-order valence-corrected chi connectivity index (χ0v) is 12.5. The van der Waals surface area contributed by atoms with Crippen molar-refractivity contribution in [2.24, 2.45) is 0 Å². The molecule has 0 radical (unpaired) electrons. The van der Waals surface area contributed by atoms with Gasteiger partial charge in [0.25, 0.3) is 0 Å². The number of nitrogens with one attached hydrogen (secondary N) is 1. The normalized spacial score (nSPS) is 17.9. The van der Waals surface area contributed by atoms with Crippen molar-refractivity contribution in [1.82, 2.24) is 10.2 Å². The average Bonchev–Trinajstić information content (AvgIpc) is 2.45. The van der Waals surface area contributed by atoms with Crippen molar-refractivity contribution in [1.29, 1.82) is 0 Å². The first-order chi connectivity index (χ1) is 9.54. The molecule has 0 bridgehead atoms. The minimum Gasteiger partial charge on any atom is -0.314 e. The molecule has 0 aliphatic carbocycles. The van der Waals surface area contributed by atoms with Crippen molar-refractivity contribution < 1.29 is 13.2 Å². The maximum absolute atomic E-state index is 13.2. The van der Waals surface area contributed by atoms with Crippen molar-refractivity contribution in [3.8, 4) is 0 Å². The Morgan fingerprint density at radius 3 is 2.43 bits per heavy atom. The largest absolute Gasteiger partial charge is 0.416 e. The van der Waals surface area contributed by atoms with Crippen LogP contribution in [0.1, 0.15) is 23.6 Å². The van der Waals surface area contributed by atoms with Gasteiger partial charge in [0, 0.05) is 32.2 Å². The first kappa shape index (κ1) is 18.0. The Hall–Kier alpha value is -1.04. The molecule has 1 aliphatic rings. The van der Waals surface area contributed by atoms with E-state index >= 15 is 0 Å². The molecule has 1 aromatic carbocycles. The lowest BCUT2D eigenvalue weighted by atomic mass is 9.95. The zero-order chi connectivity index (χ0) is 14.6. The fourth-order valence-corrected chi connectivity index (χ4v) is 2.67. The van der Waals surface area contributed by atoms with Crippen molar-refractivity contribution >= 4 is 12.4 Å². The number of hydrogen-bond acceptors (Lipinski definition) is 2. The molecule has 1 aromatic rings. The molecule has 0 unspecified atom stereocenters. The predicted octanol–water partition coefficient (Wildman–Crippen LogP) is 3.65. The van der Waals surface area contributed by atoms with Crippen LogP contribution in [-0.4, -0.2) is 31.1 Å². The van der Waals surface area contributed by atoms with Gasteiger partial charge in [-0.15, -0.1) is 19.0 Å². The van der Waals surface area contributed by atoms with E-state index in [1.807, 2.05) is 0 Å². The Morgan fingerprint density at radius 2 is 1.86 bits per heavy atom. The van der Waals surface area contributed by atoms with Gasteiger partial charge in [0.15, 0.2) is 0 Å². The molecule has 0 amide bonds. The van der Waals surface area contributed by atoms with E-state index in [1.165, 1.54) is 6.07 Å². The summed E-state index contributed by atoms with van der Waals surface area (Å²) in [5.74, 6) is 0. The molecule has 1 N–H and O–H groups in total. The van der Waals surface area contributed by atoms with E-state index in [9.17, 15) is 13.2 Å². The quantitative estimate of drug-likeness (QED) is 0.852. The van der Waals surface area contributed by atoms with Crippen molar-refractivity contribution in [2.75, 3.05) is 26.2 Å². The average molecular weight is 321 g/mol. The van der Waals surface area contributed by atoms with Gasteiger partial charge in [-0.05, 0) is 18.1 Å². The SMILES string of the molecule is C=CC[C@@H](c1ccccc1C(F)(F)F)N1CCNCC1.Cl. The number of benzene rings is 1. The molecule has 118 valence electrons. The molecule has 2 nitrogen and oxygen atoms in total. The molecule has 1 aliphatic heterocycles. The molecule has 6 heteroatoms. The third kappa shape index (κ3) is 4.46. The number of alkyl halides is 3. The number of rotatable bonds is 4. The zero-order valence-electron chi connectivity index (χ0n) is 11.7. The van der Waals surface area contributed by atoms with Gasteiger partial charge >= 0.3 is 6.18 Å². The summed E-state index contributed by atoms with van der Waals surface area (Å²) in [6.07, 6.45) is -2.10. The van der Waals surface area contributed by atoms with Gasteiger partial charge in [-0.3, -0.25) is 4.90 Å². The molecule has 1 fully saturated rings. The van der Waals surface area contributed by atoms with Gasteiger partial charge < -0.3 is 5.32 Å². The summed E-state index contributed by atoms with van der Waals surface area (Å²) in [4.78, 5) is 2.10. The smallest absolute Gasteiger partial charge is 0.314 e. The third-order valence-corrected chi connectivity index (χ3v) is 3.61. The van der Waals surface area contributed by atoms with Gasteiger partial charge in [-0.1, -0.05) is 24.3 Å². The highest BCUT2D eigenvalue weighted by molar-refractivity contribution is 5.85. The van der Waals surface area contributed by atoms with Crippen LogP contribution >= 0.6 is 12.4 Å². The van der Waals surface area contributed by atoms with Crippen LogP contribution < -0.4 is 5.32 Å². The Kier molecular flexibility index (Phi) is 6.71. The number of hydrogen-bond donors (Lipinski definition) is 1. The minimum atomic E-state index is -4.32. The van der Waals surface area contributed by atoms with E-state index in [0.29, 0.717) is 12.0 Å². The van der Waals surface area contributed by atoms with Crippen LogP contribution in [0.3, 0.4) is 0 Å². The van der Waals surface area contributed by atoms with E-state index in [4.69, 9.17) is 0 Å². The van der Waals surface area contributed by atoms with E-state index in [2.05, 4.69) is 16.8 Å². The fourth-order valence-electron chi connectivity index (χ4n) is 2.67. The highest BCUT2D eigenvalue weighted by atomic mass is 35.5. The van der Waals surface area contributed by atoms with Crippen molar-refractivity contribution in [3.05, 3.63) is 48.0 Å².